The molecule has 0 N–H and O–H groups in total. The van der Waals surface area contributed by atoms with Crippen LogP contribution >= 0.6 is 11.3 Å². The molecular formula is C18H20N2O3S. The first-order valence-electron chi connectivity index (χ1n) is 8.06. The Morgan fingerprint density at radius 3 is 2.83 bits per heavy atom. The minimum Gasteiger partial charge on any atom is -0.461 e. The fraction of sp³-hybridized carbons (Fsp3) is 0.389. The van der Waals surface area contributed by atoms with Gasteiger partial charge in [-0.25, -0.2) is 9.78 Å². The molecule has 1 aromatic carbocycles. The van der Waals surface area contributed by atoms with Crippen LogP contribution in [0.1, 0.15) is 38.6 Å². The maximum Gasteiger partial charge on any atom is 0.350 e. The van der Waals surface area contributed by atoms with E-state index < -0.39 is 0 Å². The normalized spacial score (nSPS) is 17.5. The number of piperidine rings is 1. The molecule has 0 radical (unpaired) electrons. The highest BCUT2D eigenvalue weighted by Gasteiger charge is 2.26. The number of amides is 1. The minimum absolute atomic E-state index is 0.0462. The molecule has 2 aromatic rings. The van der Waals surface area contributed by atoms with Gasteiger partial charge < -0.3 is 9.64 Å². The van der Waals surface area contributed by atoms with Gasteiger partial charge in [0.25, 0.3) is 5.91 Å². The van der Waals surface area contributed by atoms with Gasteiger partial charge in [-0.15, -0.1) is 11.3 Å². The van der Waals surface area contributed by atoms with Gasteiger partial charge in [-0.1, -0.05) is 18.2 Å². The maximum absolute atomic E-state index is 12.5. The van der Waals surface area contributed by atoms with Crippen LogP contribution < -0.4 is 0 Å². The number of rotatable bonds is 4. The van der Waals surface area contributed by atoms with E-state index >= 15 is 0 Å². The third-order valence-corrected chi connectivity index (χ3v) is 5.12. The first-order chi connectivity index (χ1) is 11.6. The van der Waals surface area contributed by atoms with Crippen molar-refractivity contribution in [1.82, 2.24) is 9.88 Å². The Labute approximate surface area is 145 Å². The molecule has 6 heteroatoms. The number of thiazole rings is 1. The number of likely N-dealkylation sites (tertiary alicyclic amines) is 1. The Morgan fingerprint density at radius 2 is 2.12 bits per heavy atom. The highest BCUT2D eigenvalue weighted by molar-refractivity contribution is 7.11. The molecule has 0 saturated carbocycles. The molecule has 3 rings (SSSR count). The number of aryl methyl sites for hydroxylation is 1. The highest BCUT2D eigenvalue weighted by atomic mass is 32.1. The summed E-state index contributed by atoms with van der Waals surface area (Å²) in [4.78, 5) is 31.1. The molecule has 0 unspecified atom stereocenters. The number of benzene rings is 1. The molecule has 1 saturated heterocycles. The van der Waals surface area contributed by atoms with Gasteiger partial charge in [-0.3, -0.25) is 4.79 Å². The van der Waals surface area contributed by atoms with E-state index in [1.54, 1.807) is 12.4 Å². The van der Waals surface area contributed by atoms with Gasteiger partial charge in [0.15, 0.2) is 0 Å². The van der Waals surface area contributed by atoms with Crippen LogP contribution in [0.25, 0.3) is 0 Å². The molecule has 0 bridgehead atoms. The SMILES string of the molecule is Cc1ncsc1C(=O)OC[C@H]1CCCN(C(=O)c2ccccc2)C1. The van der Waals surface area contributed by atoms with E-state index in [9.17, 15) is 9.59 Å². The number of carbonyl (C=O) groups is 2. The molecule has 0 spiro atoms. The van der Waals surface area contributed by atoms with E-state index in [0.29, 0.717) is 29.3 Å². The maximum atomic E-state index is 12.5. The van der Waals surface area contributed by atoms with E-state index in [4.69, 9.17) is 4.74 Å². The number of esters is 1. The number of hydrogen-bond donors (Lipinski definition) is 0. The lowest BCUT2D eigenvalue weighted by atomic mass is 9.98. The molecule has 24 heavy (non-hydrogen) atoms. The Balaban J connectivity index is 1.55. The zero-order valence-electron chi connectivity index (χ0n) is 13.6. The van der Waals surface area contributed by atoms with Gasteiger partial charge in [-0.05, 0) is 31.9 Å². The van der Waals surface area contributed by atoms with Crippen molar-refractivity contribution >= 4 is 23.2 Å². The van der Waals surface area contributed by atoms with Gasteiger partial charge in [-0.2, -0.15) is 0 Å². The van der Waals surface area contributed by atoms with Crippen molar-refractivity contribution in [2.75, 3.05) is 19.7 Å². The second kappa shape index (κ2) is 7.57. The molecule has 1 aliphatic heterocycles. The summed E-state index contributed by atoms with van der Waals surface area (Å²) in [6.07, 6.45) is 1.90. The van der Waals surface area contributed by atoms with E-state index in [-0.39, 0.29) is 17.8 Å². The predicted octanol–water partition coefficient (Wildman–Crippen LogP) is 3.16. The summed E-state index contributed by atoms with van der Waals surface area (Å²) in [5, 5.41) is 0. The van der Waals surface area contributed by atoms with Crippen molar-refractivity contribution in [3.8, 4) is 0 Å². The number of carbonyl (C=O) groups excluding carboxylic acids is 2. The number of nitrogens with zero attached hydrogens (tertiary/aromatic N) is 2. The van der Waals surface area contributed by atoms with Crippen LogP contribution in [0, 0.1) is 12.8 Å². The van der Waals surface area contributed by atoms with E-state index in [1.807, 2.05) is 35.2 Å². The van der Waals surface area contributed by atoms with Crippen molar-refractivity contribution < 1.29 is 14.3 Å². The standard InChI is InChI=1S/C18H20N2O3S/c1-13-16(24-12-19-13)18(22)23-11-14-6-5-9-20(10-14)17(21)15-7-3-2-4-8-15/h2-4,7-8,12,14H,5-6,9-11H2,1H3/t14-/m0/s1. The largest absolute Gasteiger partial charge is 0.461 e. The number of hydrogen-bond acceptors (Lipinski definition) is 5. The second-order valence-corrected chi connectivity index (χ2v) is 6.85. The monoisotopic (exact) mass is 344 g/mol. The summed E-state index contributed by atoms with van der Waals surface area (Å²) in [5.41, 5.74) is 3.05. The van der Waals surface area contributed by atoms with Crippen LogP contribution in [0.4, 0.5) is 0 Å². The molecule has 1 atom stereocenters. The van der Waals surface area contributed by atoms with Crippen molar-refractivity contribution in [2.24, 2.45) is 5.92 Å². The third-order valence-electron chi connectivity index (χ3n) is 4.21. The van der Waals surface area contributed by atoms with Crippen LogP contribution in [0.3, 0.4) is 0 Å². The summed E-state index contributed by atoms with van der Waals surface area (Å²) in [5.74, 6) is -0.0879. The van der Waals surface area contributed by atoms with E-state index in [0.717, 1.165) is 19.4 Å². The molecule has 5 nitrogen and oxygen atoms in total. The van der Waals surface area contributed by atoms with Crippen LogP contribution in [0.2, 0.25) is 0 Å². The quantitative estimate of drug-likeness (QED) is 0.800. The van der Waals surface area contributed by atoms with Crippen LogP contribution in [0.15, 0.2) is 35.8 Å². The Bertz CT molecular complexity index is 714. The zero-order chi connectivity index (χ0) is 16.9. The fourth-order valence-corrected chi connectivity index (χ4v) is 3.60. The highest BCUT2D eigenvalue weighted by Crippen LogP contribution is 2.20. The summed E-state index contributed by atoms with van der Waals surface area (Å²) >= 11 is 1.30. The van der Waals surface area contributed by atoms with Crippen LogP contribution in [0.5, 0.6) is 0 Å². The molecular weight excluding hydrogens is 324 g/mol. The third kappa shape index (κ3) is 3.82. The Kier molecular flexibility index (Phi) is 5.25. The topological polar surface area (TPSA) is 59.5 Å². The summed E-state index contributed by atoms with van der Waals surface area (Å²) in [7, 11) is 0. The molecule has 0 aliphatic carbocycles. The lowest BCUT2D eigenvalue weighted by Crippen LogP contribution is -2.41. The lowest BCUT2D eigenvalue weighted by molar-refractivity contribution is 0.0346. The molecule has 1 amide bonds. The Morgan fingerprint density at radius 1 is 1.33 bits per heavy atom. The van der Waals surface area contributed by atoms with E-state index in [1.165, 1.54) is 11.3 Å². The van der Waals surface area contributed by atoms with Crippen molar-refractivity contribution in [1.29, 1.82) is 0 Å². The first kappa shape index (κ1) is 16.6. The van der Waals surface area contributed by atoms with Crippen molar-refractivity contribution in [2.45, 2.75) is 19.8 Å². The second-order valence-electron chi connectivity index (χ2n) is 5.99. The predicted molar refractivity (Wildman–Crippen MR) is 92.2 cm³/mol. The minimum atomic E-state index is -0.318. The molecule has 1 aromatic heterocycles. The number of ether oxygens (including phenoxy) is 1. The average molecular weight is 344 g/mol. The van der Waals surface area contributed by atoms with Gasteiger partial charge in [0, 0.05) is 24.6 Å². The summed E-state index contributed by atoms with van der Waals surface area (Å²) in [6, 6.07) is 9.30. The smallest absolute Gasteiger partial charge is 0.350 e. The van der Waals surface area contributed by atoms with Crippen molar-refractivity contribution in [3.05, 3.63) is 52.0 Å². The molecule has 1 fully saturated rings. The Hall–Kier alpha value is -2.21. The zero-order valence-corrected chi connectivity index (χ0v) is 14.4. The fourth-order valence-electron chi connectivity index (χ4n) is 2.91. The molecule has 126 valence electrons. The van der Waals surface area contributed by atoms with Crippen molar-refractivity contribution in [3.63, 3.8) is 0 Å². The summed E-state index contributed by atoms with van der Waals surface area (Å²) < 4.78 is 5.43. The number of aromatic nitrogens is 1. The first-order valence-corrected chi connectivity index (χ1v) is 8.94. The molecule has 1 aliphatic rings. The van der Waals surface area contributed by atoms with Crippen LogP contribution in [-0.4, -0.2) is 41.5 Å². The van der Waals surface area contributed by atoms with Gasteiger partial charge >= 0.3 is 5.97 Å². The van der Waals surface area contributed by atoms with Gasteiger partial charge in [0.05, 0.1) is 17.8 Å². The lowest BCUT2D eigenvalue weighted by Gasteiger charge is -2.32. The van der Waals surface area contributed by atoms with Gasteiger partial charge in [0.2, 0.25) is 0 Å². The van der Waals surface area contributed by atoms with E-state index in [2.05, 4.69) is 4.98 Å². The molecule has 2 heterocycles. The van der Waals surface area contributed by atoms with Crippen LogP contribution in [-0.2, 0) is 4.74 Å². The van der Waals surface area contributed by atoms with Gasteiger partial charge in [0.1, 0.15) is 4.88 Å². The average Bonchev–Trinajstić information content (AvgIpc) is 3.06. The summed E-state index contributed by atoms with van der Waals surface area (Å²) in [6.45, 7) is 3.53.